The first-order chi connectivity index (χ1) is 18.9. The van der Waals surface area contributed by atoms with Crippen LogP contribution in [0.2, 0.25) is 0 Å². The van der Waals surface area contributed by atoms with Gasteiger partial charge < -0.3 is 9.64 Å². The zero-order valence-electron chi connectivity index (χ0n) is 24.5. The maximum atomic E-state index is 13.5. The molecule has 40 heavy (non-hydrogen) atoms. The third-order valence-electron chi connectivity index (χ3n) is 8.34. The summed E-state index contributed by atoms with van der Waals surface area (Å²) in [7, 11) is -1.05. The molecule has 1 aliphatic carbocycles. The number of anilines is 1. The van der Waals surface area contributed by atoms with E-state index >= 15 is 0 Å². The molecule has 1 aromatic carbocycles. The van der Waals surface area contributed by atoms with Crippen molar-refractivity contribution in [3.05, 3.63) is 58.9 Å². The van der Waals surface area contributed by atoms with Gasteiger partial charge in [0.15, 0.2) is 0 Å². The Kier molecular flexibility index (Phi) is 8.14. The van der Waals surface area contributed by atoms with Crippen molar-refractivity contribution in [2.75, 3.05) is 50.9 Å². The van der Waals surface area contributed by atoms with Crippen LogP contribution < -0.4 is 4.90 Å². The second kappa shape index (κ2) is 11.3. The molecule has 0 spiro atoms. The molecule has 2 atom stereocenters. The van der Waals surface area contributed by atoms with E-state index in [-0.39, 0.29) is 18.2 Å². The van der Waals surface area contributed by atoms with E-state index in [0.29, 0.717) is 45.7 Å². The number of amides is 1. The van der Waals surface area contributed by atoms with E-state index in [1.807, 2.05) is 44.0 Å². The van der Waals surface area contributed by atoms with Gasteiger partial charge in [0.1, 0.15) is 5.60 Å². The molecule has 1 saturated heterocycles. The second-order valence-corrected chi connectivity index (χ2v) is 14.4. The topological polar surface area (TPSA) is 86.3 Å². The van der Waals surface area contributed by atoms with Crippen LogP contribution in [0.4, 0.5) is 10.5 Å². The first kappa shape index (κ1) is 28.8. The molecule has 0 unspecified atom stereocenters. The molecule has 2 aromatic rings. The van der Waals surface area contributed by atoms with E-state index in [0.717, 1.165) is 36.2 Å². The fourth-order valence-corrected chi connectivity index (χ4v) is 7.22. The Morgan fingerprint density at radius 2 is 1.82 bits per heavy atom. The van der Waals surface area contributed by atoms with Crippen molar-refractivity contribution in [1.82, 2.24) is 19.1 Å². The van der Waals surface area contributed by atoms with E-state index in [4.69, 9.17) is 9.72 Å². The first-order valence-electron chi connectivity index (χ1n) is 14.3. The molecular formula is C30H43N5O4S. The van der Waals surface area contributed by atoms with Crippen LogP contribution in [0.3, 0.4) is 0 Å². The minimum Gasteiger partial charge on any atom is -0.444 e. The number of pyridine rings is 1. The van der Waals surface area contributed by atoms with Gasteiger partial charge in [-0.2, -0.15) is 4.31 Å². The van der Waals surface area contributed by atoms with Gasteiger partial charge in [0.25, 0.3) is 0 Å². The third-order valence-corrected chi connectivity index (χ3v) is 9.65. The summed E-state index contributed by atoms with van der Waals surface area (Å²) in [5.74, 6) is 0. The molecule has 2 aliphatic heterocycles. The Labute approximate surface area is 239 Å². The number of carbonyl (C=O) groups excluding carboxylic acids is 1. The third kappa shape index (κ3) is 6.29. The molecular weight excluding hydrogens is 526 g/mol. The smallest absolute Gasteiger partial charge is 0.410 e. The molecule has 0 bridgehead atoms. The number of rotatable bonds is 5. The lowest BCUT2D eigenvalue weighted by Gasteiger charge is -2.43. The highest BCUT2D eigenvalue weighted by atomic mass is 32.2. The molecule has 1 aromatic heterocycles. The van der Waals surface area contributed by atoms with Crippen molar-refractivity contribution in [3.63, 3.8) is 0 Å². The largest absolute Gasteiger partial charge is 0.444 e. The summed E-state index contributed by atoms with van der Waals surface area (Å²) in [4.78, 5) is 24.8. The van der Waals surface area contributed by atoms with Gasteiger partial charge in [-0.1, -0.05) is 18.2 Å². The number of fused-ring (bicyclic) bond motifs is 2. The molecule has 218 valence electrons. The number of nitrogens with zero attached hydrogens (tertiary/aromatic N) is 5. The number of sulfonamides is 1. The van der Waals surface area contributed by atoms with Crippen molar-refractivity contribution < 1.29 is 17.9 Å². The summed E-state index contributed by atoms with van der Waals surface area (Å²) < 4.78 is 31.6. The van der Waals surface area contributed by atoms with Crippen LogP contribution in [0, 0.1) is 0 Å². The Bertz CT molecular complexity index is 1330. The highest BCUT2D eigenvalue weighted by Gasteiger charge is 2.37. The summed E-state index contributed by atoms with van der Waals surface area (Å²) in [6.07, 6.45) is 6.82. The fraction of sp³-hybridized carbons (Fsp3) is 0.600. The average molecular weight is 570 g/mol. The molecule has 5 rings (SSSR count). The number of likely N-dealkylation sites (N-methyl/N-ethyl adjacent to an activating group) is 1. The molecule has 0 radical (unpaired) electrons. The van der Waals surface area contributed by atoms with E-state index in [9.17, 15) is 13.2 Å². The van der Waals surface area contributed by atoms with Crippen molar-refractivity contribution in [2.24, 2.45) is 0 Å². The summed E-state index contributed by atoms with van der Waals surface area (Å²) in [6, 6.07) is 10.6. The molecule has 1 fully saturated rings. The van der Waals surface area contributed by atoms with Gasteiger partial charge >= 0.3 is 6.09 Å². The predicted molar refractivity (Wildman–Crippen MR) is 157 cm³/mol. The van der Waals surface area contributed by atoms with Crippen LogP contribution in [0.15, 0.2) is 36.5 Å². The normalized spacial score (nSPS) is 22.1. The number of hydrogen-bond donors (Lipinski definition) is 0. The van der Waals surface area contributed by atoms with Crippen LogP contribution in [-0.4, -0.2) is 91.3 Å². The van der Waals surface area contributed by atoms with Crippen LogP contribution in [-0.2, 0) is 34.1 Å². The van der Waals surface area contributed by atoms with Crippen molar-refractivity contribution in [1.29, 1.82) is 0 Å². The molecule has 0 N–H and O–H groups in total. The Hall–Kier alpha value is -2.69. The van der Waals surface area contributed by atoms with Crippen LogP contribution in [0.5, 0.6) is 0 Å². The quantitative estimate of drug-likeness (QED) is 0.541. The Morgan fingerprint density at radius 3 is 2.52 bits per heavy atom. The van der Waals surface area contributed by atoms with Gasteiger partial charge in [0.05, 0.1) is 24.0 Å². The zero-order chi connectivity index (χ0) is 28.7. The number of aromatic nitrogens is 1. The summed E-state index contributed by atoms with van der Waals surface area (Å²) in [5, 5.41) is 0. The minimum atomic E-state index is -3.20. The van der Waals surface area contributed by atoms with Crippen LogP contribution >= 0.6 is 0 Å². The van der Waals surface area contributed by atoms with Gasteiger partial charge in [0, 0.05) is 51.2 Å². The van der Waals surface area contributed by atoms with E-state index < -0.39 is 15.6 Å². The molecule has 1 amide bonds. The summed E-state index contributed by atoms with van der Waals surface area (Å²) >= 11 is 0. The summed E-state index contributed by atoms with van der Waals surface area (Å²) in [5.41, 5.74) is 5.40. The molecule has 10 heteroatoms. The van der Waals surface area contributed by atoms with Crippen LogP contribution in [0.1, 0.15) is 62.0 Å². The van der Waals surface area contributed by atoms with Gasteiger partial charge in [-0.05, 0) is 82.3 Å². The second-order valence-electron chi connectivity index (χ2n) is 12.4. The highest BCUT2D eigenvalue weighted by Crippen LogP contribution is 2.36. The molecule has 3 aliphatic rings. The maximum Gasteiger partial charge on any atom is 0.410 e. The molecule has 9 nitrogen and oxygen atoms in total. The monoisotopic (exact) mass is 569 g/mol. The molecule has 0 saturated carbocycles. The van der Waals surface area contributed by atoms with Gasteiger partial charge in [-0.15, -0.1) is 0 Å². The Balaban J connectivity index is 1.42. The van der Waals surface area contributed by atoms with Gasteiger partial charge in [0.2, 0.25) is 10.0 Å². The zero-order valence-corrected chi connectivity index (χ0v) is 25.3. The lowest BCUT2D eigenvalue weighted by atomic mass is 9.89. The number of hydrogen-bond acceptors (Lipinski definition) is 7. The number of ether oxygens (including phenoxy) is 1. The standard InChI is InChI=1S/C30H43N5O4S/c1-30(2,3)39-29(36)35-20-23-10-7-12-26(33-15-17-34(18-16-33)40(5,37)38)25(23)19-24(35)21-32(4)27-13-6-9-22-11-8-14-31-28(22)27/h7-8,10-12,14,24,27H,6,9,13,15-21H2,1-5H3/t24-,27+/m1/s1. The van der Waals surface area contributed by atoms with E-state index in [2.05, 4.69) is 35.0 Å². The number of carbonyl (C=O) groups is 1. The lowest BCUT2D eigenvalue weighted by Crippen LogP contribution is -2.52. The number of aryl methyl sites for hydroxylation is 1. The highest BCUT2D eigenvalue weighted by molar-refractivity contribution is 7.88. The number of piperazine rings is 1. The maximum absolute atomic E-state index is 13.5. The minimum absolute atomic E-state index is 0.0695. The van der Waals surface area contributed by atoms with Gasteiger partial charge in [-0.3, -0.25) is 14.8 Å². The fourth-order valence-electron chi connectivity index (χ4n) is 6.39. The van der Waals surface area contributed by atoms with E-state index in [1.54, 1.807) is 4.31 Å². The lowest BCUT2D eigenvalue weighted by molar-refractivity contribution is 0.00645. The van der Waals surface area contributed by atoms with Crippen LogP contribution in [0.25, 0.3) is 0 Å². The predicted octanol–water partition coefficient (Wildman–Crippen LogP) is 3.83. The van der Waals surface area contributed by atoms with Gasteiger partial charge in [-0.25, -0.2) is 13.2 Å². The SMILES string of the molecule is CN(C[C@H]1Cc2c(cccc2N2CCN(S(C)(=O)=O)CC2)CN1C(=O)OC(C)(C)C)[C@H]1CCCc2cccnc21. The Morgan fingerprint density at radius 1 is 1.10 bits per heavy atom. The first-order valence-corrected chi connectivity index (χ1v) is 16.2. The summed E-state index contributed by atoms with van der Waals surface area (Å²) in [6.45, 7) is 9.16. The van der Waals surface area contributed by atoms with E-state index in [1.165, 1.54) is 17.4 Å². The van der Waals surface area contributed by atoms with Crippen molar-refractivity contribution >= 4 is 21.8 Å². The average Bonchev–Trinajstić information content (AvgIpc) is 2.90. The number of benzene rings is 1. The van der Waals surface area contributed by atoms with Crippen molar-refractivity contribution in [3.8, 4) is 0 Å². The van der Waals surface area contributed by atoms with Crippen molar-refractivity contribution in [2.45, 2.75) is 70.7 Å². The molecule has 3 heterocycles.